The Morgan fingerprint density at radius 2 is 2.00 bits per heavy atom. The molecule has 1 saturated heterocycles. The summed E-state index contributed by atoms with van der Waals surface area (Å²) in [5.74, 6) is 0.933. The van der Waals surface area contributed by atoms with E-state index in [1.807, 2.05) is 0 Å². The van der Waals surface area contributed by atoms with Gasteiger partial charge in [-0.25, -0.2) is 0 Å². The van der Waals surface area contributed by atoms with E-state index in [9.17, 15) is 4.79 Å². The maximum absolute atomic E-state index is 11.8. The second-order valence-corrected chi connectivity index (χ2v) is 4.99. The molecular weight excluding hydrogens is 188 g/mol. The minimum Gasteiger partial charge on any atom is -0.352 e. The largest absolute Gasteiger partial charge is 0.352 e. The van der Waals surface area contributed by atoms with Crippen LogP contribution in [0, 0.1) is 5.92 Å². The molecule has 0 aromatic carbocycles. The summed E-state index contributed by atoms with van der Waals surface area (Å²) >= 11 is 0. The molecule has 1 heterocycles. The van der Waals surface area contributed by atoms with Crippen LogP contribution in [0.25, 0.3) is 0 Å². The van der Waals surface area contributed by atoms with Gasteiger partial charge < -0.3 is 10.6 Å². The normalized spacial score (nSPS) is 29.3. The molecule has 2 atom stereocenters. The monoisotopic (exact) mass is 210 g/mol. The fourth-order valence-electron chi connectivity index (χ4n) is 2.81. The van der Waals surface area contributed by atoms with Crippen LogP contribution in [0.5, 0.6) is 0 Å². The fourth-order valence-corrected chi connectivity index (χ4v) is 2.81. The quantitative estimate of drug-likeness (QED) is 0.740. The molecule has 0 aromatic rings. The summed E-state index contributed by atoms with van der Waals surface area (Å²) in [6, 6.07) is 0.441. The predicted octanol–water partition coefficient (Wildman–Crippen LogP) is 1.43. The highest BCUT2D eigenvalue weighted by Crippen LogP contribution is 2.27. The van der Waals surface area contributed by atoms with Crippen LogP contribution in [-0.2, 0) is 4.79 Å². The van der Waals surface area contributed by atoms with Crippen LogP contribution in [0.15, 0.2) is 0 Å². The first-order valence-corrected chi connectivity index (χ1v) is 6.31. The summed E-state index contributed by atoms with van der Waals surface area (Å²) in [4.78, 5) is 11.8. The standard InChI is InChI=1S/C12H22N2O/c1-9(10-5-2-3-6-10)14-12(15)11-7-4-8-13-11/h9-11,13H,2-8H2,1H3,(H,14,15)/t9-,11-/m0/s1. The van der Waals surface area contributed by atoms with Crippen LogP contribution >= 0.6 is 0 Å². The lowest BCUT2D eigenvalue weighted by Gasteiger charge is -2.22. The number of hydrogen-bond acceptors (Lipinski definition) is 2. The van der Waals surface area contributed by atoms with Gasteiger partial charge in [0, 0.05) is 6.04 Å². The van der Waals surface area contributed by atoms with Crippen LogP contribution in [-0.4, -0.2) is 24.5 Å². The molecule has 2 aliphatic rings. The predicted molar refractivity (Wildman–Crippen MR) is 60.6 cm³/mol. The van der Waals surface area contributed by atoms with E-state index in [0.717, 1.165) is 25.3 Å². The molecule has 0 unspecified atom stereocenters. The van der Waals surface area contributed by atoms with Crippen LogP contribution in [0.1, 0.15) is 45.4 Å². The molecule has 3 heteroatoms. The zero-order chi connectivity index (χ0) is 10.7. The van der Waals surface area contributed by atoms with Crippen LogP contribution < -0.4 is 10.6 Å². The molecule has 15 heavy (non-hydrogen) atoms. The van der Waals surface area contributed by atoms with Crippen molar-refractivity contribution in [2.45, 2.75) is 57.5 Å². The molecule has 1 aliphatic heterocycles. The van der Waals surface area contributed by atoms with Gasteiger partial charge in [0.05, 0.1) is 6.04 Å². The van der Waals surface area contributed by atoms with Crippen molar-refractivity contribution in [3.63, 3.8) is 0 Å². The lowest BCUT2D eigenvalue weighted by Crippen LogP contribution is -2.46. The third-order valence-corrected chi connectivity index (χ3v) is 3.85. The summed E-state index contributed by atoms with van der Waals surface area (Å²) in [7, 11) is 0. The first-order valence-electron chi connectivity index (χ1n) is 6.31. The zero-order valence-corrected chi connectivity index (χ0v) is 9.59. The molecule has 0 bridgehead atoms. The molecule has 1 amide bonds. The van der Waals surface area contributed by atoms with Crippen LogP contribution in [0.2, 0.25) is 0 Å². The van der Waals surface area contributed by atoms with Crippen molar-refractivity contribution in [1.82, 2.24) is 10.6 Å². The molecule has 1 aliphatic carbocycles. The average molecular weight is 210 g/mol. The van der Waals surface area contributed by atoms with Crippen LogP contribution in [0.3, 0.4) is 0 Å². The highest BCUT2D eigenvalue weighted by molar-refractivity contribution is 5.82. The molecule has 1 saturated carbocycles. The van der Waals surface area contributed by atoms with Crippen molar-refractivity contribution in [2.24, 2.45) is 5.92 Å². The van der Waals surface area contributed by atoms with Gasteiger partial charge >= 0.3 is 0 Å². The lowest BCUT2D eigenvalue weighted by atomic mass is 9.99. The van der Waals surface area contributed by atoms with Crippen molar-refractivity contribution in [3.8, 4) is 0 Å². The number of hydrogen-bond donors (Lipinski definition) is 2. The Hall–Kier alpha value is -0.570. The van der Waals surface area contributed by atoms with E-state index in [2.05, 4.69) is 17.6 Å². The molecule has 2 N–H and O–H groups in total. The Morgan fingerprint density at radius 3 is 2.60 bits per heavy atom. The Balaban J connectivity index is 1.77. The first-order chi connectivity index (χ1) is 7.27. The molecule has 2 fully saturated rings. The summed E-state index contributed by atoms with van der Waals surface area (Å²) in [6.45, 7) is 3.15. The Labute approximate surface area is 92.0 Å². The van der Waals surface area contributed by atoms with Crippen molar-refractivity contribution in [1.29, 1.82) is 0 Å². The Morgan fingerprint density at radius 1 is 1.27 bits per heavy atom. The average Bonchev–Trinajstić information content (AvgIpc) is 2.91. The van der Waals surface area contributed by atoms with E-state index in [4.69, 9.17) is 0 Å². The molecule has 0 spiro atoms. The van der Waals surface area contributed by atoms with E-state index < -0.39 is 0 Å². The minimum atomic E-state index is 0.0776. The Kier molecular flexibility index (Phi) is 3.62. The van der Waals surface area contributed by atoms with E-state index in [1.54, 1.807) is 0 Å². The van der Waals surface area contributed by atoms with Crippen molar-refractivity contribution in [2.75, 3.05) is 6.54 Å². The van der Waals surface area contributed by atoms with E-state index in [0.29, 0.717) is 6.04 Å². The smallest absolute Gasteiger partial charge is 0.237 e. The summed E-state index contributed by atoms with van der Waals surface area (Å²) in [6.07, 6.45) is 7.40. The minimum absolute atomic E-state index is 0.0776. The van der Waals surface area contributed by atoms with E-state index in [1.165, 1.54) is 25.7 Å². The van der Waals surface area contributed by atoms with Gasteiger partial charge in [0.2, 0.25) is 5.91 Å². The van der Waals surface area contributed by atoms with Gasteiger partial charge in [-0.1, -0.05) is 12.8 Å². The third-order valence-electron chi connectivity index (χ3n) is 3.85. The Bertz CT molecular complexity index is 218. The van der Waals surface area contributed by atoms with Gasteiger partial charge in [-0.2, -0.15) is 0 Å². The zero-order valence-electron chi connectivity index (χ0n) is 9.59. The van der Waals surface area contributed by atoms with Crippen molar-refractivity contribution in [3.05, 3.63) is 0 Å². The molecule has 0 aromatic heterocycles. The molecule has 86 valence electrons. The van der Waals surface area contributed by atoms with E-state index >= 15 is 0 Å². The number of carbonyl (C=O) groups excluding carboxylic acids is 1. The van der Waals surface area contributed by atoms with Crippen molar-refractivity contribution < 1.29 is 4.79 Å². The molecule has 3 nitrogen and oxygen atoms in total. The molecule has 2 rings (SSSR count). The number of rotatable bonds is 3. The highest BCUT2D eigenvalue weighted by Gasteiger charge is 2.27. The number of carbonyl (C=O) groups is 1. The van der Waals surface area contributed by atoms with Gasteiger partial charge in [-0.15, -0.1) is 0 Å². The second kappa shape index (κ2) is 4.97. The first kappa shape index (κ1) is 10.9. The maximum Gasteiger partial charge on any atom is 0.237 e. The van der Waals surface area contributed by atoms with Crippen molar-refractivity contribution >= 4 is 5.91 Å². The van der Waals surface area contributed by atoms with Crippen LogP contribution in [0.4, 0.5) is 0 Å². The van der Waals surface area contributed by atoms with Gasteiger partial charge in [-0.05, 0) is 45.1 Å². The molecular formula is C12H22N2O. The van der Waals surface area contributed by atoms with Gasteiger partial charge in [0.25, 0.3) is 0 Å². The molecule has 0 radical (unpaired) electrons. The lowest BCUT2D eigenvalue weighted by molar-refractivity contribution is -0.123. The van der Waals surface area contributed by atoms with Gasteiger partial charge in [-0.3, -0.25) is 4.79 Å². The third kappa shape index (κ3) is 2.71. The summed E-state index contributed by atoms with van der Waals surface area (Å²) < 4.78 is 0. The second-order valence-electron chi connectivity index (χ2n) is 4.99. The topological polar surface area (TPSA) is 41.1 Å². The van der Waals surface area contributed by atoms with Gasteiger partial charge in [0.15, 0.2) is 0 Å². The van der Waals surface area contributed by atoms with Gasteiger partial charge in [0.1, 0.15) is 0 Å². The summed E-state index contributed by atoms with van der Waals surface area (Å²) in [5, 5.41) is 6.40. The highest BCUT2D eigenvalue weighted by atomic mass is 16.2. The SMILES string of the molecule is C[C@H](NC(=O)[C@@H]1CCCN1)C1CCCC1. The fraction of sp³-hybridized carbons (Fsp3) is 0.917. The van der Waals surface area contributed by atoms with E-state index in [-0.39, 0.29) is 11.9 Å². The maximum atomic E-state index is 11.8. The number of nitrogens with one attached hydrogen (secondary N) is 2. The summed E-state index contributed by atoms with van der Waals surface area (Å²) in [5.41, 5.74) is 0. The number of amides is 1.